The highest BCUT2D eigenvalue weighted by molar-refractivity contribution is 6.01. The fraction of sp³-hybridized carbons (Fsp3) is 0.273. The van der Waals surface area contributed by atoms with Gasteiger partial charge in [0.25, 0.3) is 5.91 Å². The standard InChI is InChI=1S/C22H22N4O4/c1-14-23-20(25-30-14)15-8-10-16(11-9-15)22(28)26-12-4-7-19(26)21(27)24-17-5-3-6-18(13-17)29-2/h3,5-6,8-11,13,19H,4,7,12H2,1-2H3,(H,24,27). The van der Waals surface area contributed by atoms with Gasteiger partial charge in [-0.3, -0.25) is 9.59 Å². The van der Waals surface area contributed by atoms with E-state index < -0.39 is 6.04 Å². The molecule has 1 N–H and O–H groups in total. The van der Waals surface area contributed by atoms with E-state index in [9.17, 15) is 9.59 Å². The van der Waals surface area contributed by atoms with Crippen LogP contribution in [-0.2, 0) is 4.79 Å². The zero-order valence-electron chi connectivity index (χ0n) is 16.8. The Balaban J connectivity index is 1.47. The molecule has 0 aliphatic carbocycles. The van der Waals surface area contributed by atoms with Gasteiger partial charge in [0.15, 0.2) is 0 Å². The fourth-order valence-electron chi connectivity index (χ4n) is 3.55. The summed E-state index contributed by atoms with van der Waals surface area (Å²) in [7, 11) is 1.57. The second-order valence-corrected chi connectivity index (χ2v) is 7.09. The van der Waals surface area contributed by atoms with Crippen molar-refractivity contribution < 1.29 is 18.8 Å². The quantitative estimate of drug-likeness (QED) is 0.698. The van der Waals surface area contributed by atoms with E-state index in [1.807, 2.05) is 0 Å². The molecule has 2 amide bonds. The lowest BCUT2D eigenvalue weighted by Gasteiger charge is -2.24. The number of aromatic nitrogens is 2. The molecule has 8 nitrogen and oxygen atoms in total. The third-order valence-electron chi connectivity index (χ3n) is 5.07. The minimum atomic E-state index is -0.511. The van der Waals surface area contributed by atoms with Gasteiger partial charge < -0.3 is 19.5 Å². The Morgan fingerprint density at radius 1 is 1.20 bits per heavy atom. The topological polar surface area (TPSA) is 97.6 Å². The average Bonchev–Trinajstić information content (AvgIpc) is 3.43. The number of likely N-dealkylation sites (tertiary alicyclic amines) is 1. The van der Waals surface area contributed by atoms with E-state index in [1.165, 1.54) is 0 Å². The lowest BCUT2D eigenvalue weighted by atomic mass is 10.1. The first kappa shape index (κ1) is 19.6. The second-order valence-electron chi connectivity index (χ2n) is 7.09. The Morgan fingerprint density at radius 3 is 2.70 bits per heavy atom. The Kier molecular flexibility index (Phi) is 5.47. The number of hydrogen-bond acceptors (Lipinski definition) is 6. The van der Waals surface area contributed by atoms with Crippen molar-refractivity contribution in [3.8, 4) is 17.1 Å². The number of aryl methyl sites for hydroxylation is 1. The highest BCUT2D eigenvalue weighted by Crippen LogP contribution is 2.24. The molecule has 1 saturated heterocycles. The lowest BCUT2D eigenvalue weighted by Crippen LogP contribution is -2.43. The van der Waals surface area contributed by atoms with Crippen molar-refractivity contribution in [2.75, 3.05) is 19.0 Å². The van der Waals surface area contributed by atoms with Crippen LogP contribution in [0.15, 0.2) is 53.1 Å². The van der Waals surface area contributed by atoms with Crippen molar-refractivity contribution in [3.63, 3.8) is 0 Å². The number of benzene rings is 2. The molecular formula is C22H22N4O4. The van der Waals surface area contributed by atoms with Crippen LogP contribution in [0.4, 0.5) is 5.69 Å². The minimum absolute atomic E-state index is 0.172. The van der Waals surface area contributed by atoms with Crippen molar-refractivity contribution in [3.05, 3.63) is 60.0 Å². The van der Waals surface area contributed by atoms with Crippen molar-refractivity contribution in [2.45, 2.75) is 25.8 Å². The summed E-state index contributed by atoms with van der Waals surface area (Å²) < 4.78 is 10.2. The van der Waals surface area contributed by atoms with Crippen LogP contribution in [0.2, 0.25) is 0 Å². The van der Waals surface area contributed by atoms with Gasteiger partial charge in [0.1, 0.15) is 11.8 Å². The molecule has 30 heavy (non-hydrogen) atoms. The van der Waals surface area contributed by atoms with Crippen LogP contribution in [0.3, 0.4) is 0 Å². The molecule has 1 aromatic heterocycles. The lowest BCUT2D eigenvalue weighted by molar-refractivity contribution is -0.119. The van der Waals surface area contributed by atoms with Gasteiger partial charge in [-0.2, -0.15) is 4.98 Å². The first-order chi connectivity index (χ1) is 14.5. The fourth-order valence-corrected chi connectivity index (χ4v) is 3.55. The molecule has 0 saturated carbocycles. The van der Waals surface area contributed by atoms with Gasteiger partial charge in [-0.25, -0.2) is 0 Å². The van der Waals surface area contributed by atoms with Gasteiger partial charge in [0, 0.05) is 36.3 Å². The van der Waals surface area contributed by atoms with Crippen molar-refractivity contribution in [1.82, 2.24) is 15.0 Å². The zero-order valence-corrected chi connectivity index (χ0v) is 16.8. The minimum Gasteiger partial charge on any atom is -0.497 e. The molecule has 3 aromatic rings. The van der Waals surface area contributed by atoms with E-state index in [1.54, 1.807) is 67.5 Å². The van der Waals surface area contributed by atoms with E-state index in [0.717, 1.165) is 12.0 Å². The highest BCUT2D eigenvalue weighted by Gasteiger charge is 2.34. The summed E-state index contributed by atoms with van der Waals surface area (Å²) >= 11 is 0. The number of carbonyl (C=O) groups is 2. The summed E-state index contributed by atoms with van der Waals surface area (Å²) in [5.74, 6) is 1.24. The summed E-state index contributed by atoms with van der Waals surface area (Å²) in [5.41, 5.74) is 1.91. The molecule has 0 radical (unpaired) electrons. The van der Waals surface area contributed by atoms with Crippen molar-refractivity contribution >= 4 is 17.5 Å². The number of rotatable bonds is 5. The largest absolute Gasteiger partial charge is 0.497 e. The van der Waals surface area contributed by atoms with E-state index >= 15 is 0 Å². The molecule has 1 unspecified atom stereocenters. The molecule has 8 heteroatoms. The van der Waals surface area contributed by atoms with E-state index in [2.05, 4.69) is 15.5 Å². The van der Waals surface area contributed by atoms with Crippen LogP contribution in [-0.4, -0.2) is 46.6 Å². The van der Waals surface area contributed by atoms with Gasteiger partial charge >= 0.3 is 0 Å². The van der Waals surface area contributed by atoms with E-state index in [4.69, 9.17) is 9.26 Å². The number of carbonyl (C=O) groups excluding carboxylic acids is 2. The van der Waals surface area contributed by atoms with Crippen LogP contribution in [0.25, 0.3) is 11.4 Å². The third-order valence-corrected chi connectivity index (χ3v) is 5.07. The number of methoxy groups -OCH3 is 1. The highest BCUT2D eigenvalue weighted by atomic mass is 16.5. The number of nitrogens with zero attached hydrogens (tertiary/aromatic N) is 3. The molecule has 1 aliphatic heterocycles. The van der Waals surface area contributed by atoms with Crippen LogP contribution in [0.5, 0.6) is 5.75 Å². The summed E-state index contributed by atoms with van der Waals surface area (Å²) in [6.45, 7) is 2.26. The molecule has 1 aliphatic rings. The number of anilines is 1. The molecule has 1 fully saturated rings. The Morgan fingerprint density at radius 2 is 2.00 bits per heavy atom. The number of ether oxygens (including phenoxy) is 1. The van der Waals surface area contributed by atoms with Gasteiger partial charge in [-0.05, 0) is 37.1 Å². The maximum absolute atomic E-state index is 13.0. The van der Waals surface area contributed by atoms with Gasteiger partial charge in [0.2, 0.25) is 17.6 Å². The summed E-state index contributed by atoms with van der Waals surface area (Å²) in [5, 5.41) is 6.77. The first-order valence-corrected chi connectivity index (χ1v) is 9.72. The summed E-state index contributed by atoms with van der Waals surface area (Å²) in [6, 6.07) is 13.6. The second kappa shape index (κ2) is 8.36. The van der Waals surface area contributed by atoms with Crippen molar-refractivity contribution in [2.24, 2.45) is 0 Å². The van der Waals surface area contributed by atoms with Crippen LogP contribution in [0.1, 0.15) is 29.1 Å². The first-order valence-electron chi connectivity index (χ1n) is 9.72. The van der Waals surface area contributed by atoms with E-state index in [0.29, 0.717) is 41.7 Å². The Hall–Kier alpha value is -3.68. The normalized spacial score (nSPS) is 15.8. The SMILES string of the molecule is COc1cccc(NC(=O)C2CCCN2C(=O)c2ccc(-c3noc(C)n3)cc2)c1. The Bertz CT molecular complexity index is 1060. The number of hydrogen-bond donors (Lipinski definition) is 1. The molecule has 0 spiro atoms. The van der Waals surface area contributed by atoms with Gasteiger partial charge in [0.05, 0.1) is 7.11 Å². The maximum atomic E-state index is 13.0. The molecule has 1 atom stereocenters. The number of nitrogens with one attached hydrogen (secondary N) is 1. The monoisotopic (exact) mass is 406 g/mol. The van der Waals surface area contributed by atoms with Gasteiger partial charge in [-0.15, -0.1) is 0 Å². The van der Waals surface area contributed by atoms with Crippen molar-refractivity contribution in [1.29, 1.82) is 0 Å². The molecule has 154 valence electrons. The molecule has 2 aromatic carbocycles. The Labute approximate surface area is 173 Å². The summed E-state index contributed by atoms with van der Waals surface area (Å²) in [6.07, 6.45) is 1.41. The molecule has 4 rings (SSSR count). The molecule has 0 bridgehead atoms. The smallest absolute Gasteiger partial charge is 0.254 e. The van der Waals surface area contributed by atoms with E-state index in [-0.39, 0.29) is 11.8 Å². The predicted molar refractivity (Wildman–Crippen MR) is 110 cm³/mol. The maximum Gasteiger partial charge on any atom is 0.254 e. The third kappa shape index (κ3) is 4.03. The summed E-state index contributed by atoms with van der Waals surface area (Å²) in [4.78, 5) is 31.7. The molecular weight excluding hydrogens is 384 g/mol. The zero-order chi connectivity index (χ0) is 21.1. The van der Waals surface area contributed by atoms with Gasteiger partial charge in [-0.1, -0.05) is 23.4 Å². The van der Waals surface area contributed by atoms with Crippen LogP contribution in [0, 0.1) is 6.92 Å². The van der Waals surface area contributed by atoms with Crippen LogP contribution < -0.4 is 10.1 Å². The average molecular weight is 406 g/mol. The van der Waals surface area contributed by atoms with Crippen LogP contribution >= 0.6 is 0 Å². The molecule has 2 heterocycles. The predicted octanol–water partition coefficient (Wildman–Crippen LogP) is 3.30. The number of amides is 2.